The first-order valence-corrected chi connectivity index (χ1v) is 15.4. The fraction of sp³-hybridized carbons (Fsp3) is 0.500. The molecule has 11 nitrogen and oxygen atoms in total. The molecule has 5 rings (SSSR count). The molecule has 1 atom stereocenters. The van der Waals surface area contributed by atoms with Gasteiger partial charge in [0.2, 0.25) is 5.71 Å². The fourth-order valence-electron chi connectivity index (χ4n) is 5.68. The SMILES string of the molecule is CCc1ccc(-c2oc3nc(CN(CCCC4(OC(=O)O)CCOCC4)S(=O)[O-])c(C4CC4)cc3c2C(=O)NC)cc1. The number of aryl methyl sites for hydroxylation is 1. The minimum atomic E-state index is -2.54. The molecule has 2 N–H and O–H groups in total. The molecule has 1 aromatic carbocycles. The average Bonchev–Trinajstić information content (AvgIpc) is 3.76. The smallest absolute Gasteiger partial charge is 0.506 e. The van der Waals surface area contributed by atoms with E-state index in [1.165, 1.54) is 4.31 Å². The normalized spacial score (nSPS) is 17.3. The number of rotatable bonds is 12. The Morgan fingerprint density at radius 1 is 1.24 bits per heavy atom. The Balaban J connectivity index is 1.44. The van der Waals surface area contributed by atoms with Gasteiger partial charge in [-0.15, -0.1) is 0 Å². The summed E-state index contributed by atoms with van der Waals surface area (Å²) in [6, 6.07) is 9.77. The highest BCUT2D eigenvalue weighted by Gasteiger charge is 2.37. The number of ether oxygens (including phenoxy) is 2. The second kappa shape index (κ2) is 12.9. The van der Waals surface area contributed by atoms with E-state index < -0.39 is 23.0 Å². The highest BCUT2D eigenvalue weighted by atomic mass is 32.2. The lowest BCUT2D eigenvalue weighted by molar-refractivity contribution is -0.0902. The standard InChI is InChI=1S/C30H37N3O8S/c1-3-19-5-7-21(8-6-19)26-25(27(34)31-2)23-17-22(20-9-10-20)24(32-28(23)40-26)18-33(42(37)38)14-4-11-30(41-29(35)36)12-15-39-16-13-30/h5-8,17,20H,3-4,9-16,18H2,1-2H3,(H,31,34)(H,35,36)(H,37,38)/p-1. The maximum atomic E-state index is 13.1. The van der Waals surface area contributed by atoms with E-state index in [9.17, 15) is 23.5 Å². The van der Waals surface area contributed by atoms with Crippen molar-refractivity contribution in [3.63, 3.8) is 0 Å². The summed E-state index contributed by atoms with van der Waals surface area (Å²) in [6.07, 6.45) is 3.10. The number of nitrogens with zero attached hydrogens (tertiary/aromatic N) is 2. The third kappa shape index (κ3) is 6.67. The highest BCUT2D eigenvalue weighted by Crippen LogP contribution is 2.44. The molecule has 42 heavy (non-hydrogen) atoms. The predicted molar refractivity (Wildman–Crippen MR) is 155 cm³/mol. The first-order chi connectivity index (χ1) is 20.2. The average molecular weight is 599 g/mol. The zero-order chi connectivity index (χ0) is 29.9. The Morgan fingerprint density at radius 2 is 1.95 bits per heavy atom. The molecule has 3 aromatic rings. The Labute approximate surface area is 247 Å². The van der Waals surface area contributed by atoms with Crippen molar-refractivity contribution in [2.24, 2.45) is 0 Å². The zero-order valence-electron chi connectivity index (χ0n) is 23.8. The van der Waals surface area contributed by atoms with Crippen LogP contribution in [0.25, 0.3) is 22.4 Å². The molecule has 0 spiro atoms. The molecule has 0 bridgehead atoms. The summed E-state index contributed by atoms with van der Waals surface area (Å²) < 4.78 is 42.7. The molecule has 226 valence electrons. The van der Waals surface area contributed by atoms with Crippen molar-refractivity contribution in [3.05, 3.63) is 52.7 Å². The lowest BCUT2D eigenvalue weighted by Gasteiger charge is -2.36. The number of carbonyl (C=O) groups excluding carboxylic acids is 1. The molecule has 1 aliphatic heterocycles. The van der Waals surface area contributed by atoms with Gasteiger partial charge in [-0.05, 0) is 55.2 Å². The van der Waals surface area contributed by atoms with Crippen molar-refractivity contribution < 1.29 is 37.3 Å². The van der Waals surface area contributed by atoms with Crippen LogP contribution >= 0.6 is 0 Å². The number of hydrogen-bond acceptors (Lipinski definition) is 8. The summed E-state index contributed by atoms with van der Waals surface area (Å²) in [5.74, 6) is 0.364. The van der Waals surface area contributed by atoms with Crippen molar-refractivity contribution in [1.29, 1.82) is 0 Å². The Hall–Kier alpha value is -3.32. The number of carbonyl (C=O) groups is 2. The molecule has 12 heteroatoms. The van der Waals surface area contributed by atoms with Gasteiger partial charge in [0.05, 0.1) is 36.4 Å². The van der Waals surface area contributed by atoms with Crippen LogP contribution in [0.4, 0.5) is 4.79 Å². The molecule has 2 fully saturated rings. The molecule has 1 saturated carbocycles. The van der Waals surface area contributed by atoms with Crippen molar-refractivity contribution in [2.75, 3.05) is 26.8 Å². The van der Waals surface area contributed by atoms with Crippen molar-refractivity contribution in [1.82, 2.24) is 14.6 Å². The zero-order valence-corrected chi connectivity index (χ0v) is 24.7. The predicted octanol–water partition coefficient (Wildman–Crippen LogP) is 4.91. The number of amides is 1. The first-order valence-electron chi connectivity index (χ1n) is 14.4. The Bertz CT molecular complexity index is 1460. The van der Waals surface area contributed by atoms with E-state index in [2.05, 4.69) is 12.2 Å². The molecule has 2 aromatic heterocycles. The van der Waals surface area contributed by atoms with Gasteiger partial charge in [0.1, 0.15) is 11.4 Å². The highest BCUT2D eigenvalue weighted by molar-refractivity contribution is 7.76. The van der Waals surface area contributed by atoms with Crippen LogP contribution in [0.3, 0.4) is 0 Å². The number of hydrogen-bond donors (Lipinski definition) is 2. The van der Waals surface area contributed by atoms with Gasteiger partial charge < -0.3 is 28.9 Å². The lowest BCUT2D eigenvalue weighted by Crippen LogP contribution is -2.41. The molecule has 1 aliphatic carbocycles. The molecule has 3 heterocycles. The van der Waals surface area contributed by atoms with Crippen LogP contribution in [-0.4, -0.2) is 67.6 Å². The maximum absolute atomic E-state index is 13.1. The Morgan fingerprint density at radius 3 is 2.55 bits per heavy atom. The van der Waals surface area contributed by atoms with Gasteiger partial charge in [0, 0.05) is 43.3 Å². The van der Waals surface area contributed by atoms with Gasteiger partial charge in [0.15, 0.2) is 0 Å². The van der Waals surface area contributed by atoms with Crippen LogP contribution in [0, 0.1) is 0 Å². The van der Waals surface area contributed by atoms with Crippen LogP contribution < -0.4 is 5.32 Å². The van der Waals surface area contributed by atoms with Crippen LogP contribution in [0.5, 0.6) is 0 Å². The number of aromatic nitrogens is 1. The fourth-order valence-corrected chi connectivity index (χ4v) is 6.18. The van der Waals surface area contributed by atoms with E-state index in [-0.39, 0.29) is 30.6 Å². The number of fused-ring (bicyclic) bond motifs is 1. The number of benzene rings is 1. The summed E-state index contributed by atoms with van der Waals surface area (Å²) in [6.45, 7) is 3.06. The first kappa shape index (κ1) is 30.1. The van der Waals surface area contributed by atoms with Crippen LogP contribution in [0.2, 0.25) is 0 Å². The largest absolute Gasteiger partial charge is 0.760 e. The van der Waals surface area contributed by atoms with E-state index >= 15 is 0 Å². The van der Waals surface area contributed by atoms with Gasteiger partial charge in [-0.25, -0.2) is 14.1 Å². The monoisotopic (exact) mass is 598 g/mol. The summed E-state index contributed by atoms with van der Waals surface area (Å²) in [5.41, 5.74) is 3.21. The molecular formula is C30H36N3O8S-. The van der Waals surface area contributed by atoms with Gasteiger partial charge in [-0.2, -0.15) is 0 Å². The minimum Gasteiger partial charge on any atom is -0.760 e. The molecule has 1 saturated heterocycles. The van der Waals surface area contributed by atoms with Gasteiger partial charge in [0.25, 0.3) is 5.91 Å². The van der Waals surface area contributed by atoms with E-state index in [1.807, 2.05) is 30.3 Å². The number of nitrogens with one attached hydrogen (secondary N) is 1. The van der Waals surface area contributed by atoms with Gasteiger partial charge in [-0.3, -0.25) is 9.00 Å². The minimum absolute atomic E-state index is 0.0321. The third-order valence-electron chi connectivity index (χ3n) is 8.18. The summed E-state index contributed by atoms with van der Waals surface area (Å²) >= 11 is -2.54. The number of pyridine rings is 1. The third-order valence-corrected chi connectivity index (χ3v) is 8.91. The van der Waals surface area contributed by atoms with E-state index in [0.29, 0.717) is 61.3 Å². The van der Waals surface area contributed by atoms with Gasteiger partial charge >= 0.3 is 6.16 Å². The molecular weight excluding hydrogens is 562 g/mol. The quantitative estimate of drug-likeness (QED) is 0.218. The van der Waals surface area contributed by atoms with E-state index in [4.69, 9.17) is 18.9 Å². The van der Waals surface area contributed by atoms with Crippen molar-refractivity contribution >= 4 is 34.4 Å². The second-order valence-electron chi connectivity index (χ2n) is 10.9. The Kier molecular flexibility index (Phi) is 9.26. The maximum Gasteiger partial charge on any atom is 0.506 e. The number of carboxylic acid groups (broad SMARTS) is 1. The lowest BCUT2D eigenvalue weighted by atomic mass is 9.89. The van der Waals surface area contributed by atoms with Crippen LogP contribution in [-0.2, 0) is 33.7 Å². The van der Waals surface area contributed by atoms with Crippen LogP contribution in [0.1, 0.15) is 78.5 Å². The second-order valence-corrected chi connectivity index (χ2v) is 11.9. The molecule has 2 aliphatic rings. The van der Waals surface area contributed by atoms with Crippen molar-refractivity contribution in [2.45, 2.75) is 69.9 Å². The van der Waals surface area contributed by atoms with E-state index in [0.717, 1.165) is 36.0 Å². The molecule has 0 radical (unpaired) electrons. The van der Waals surface area contributed by atoms with E-state index in [1.54, 1.807) is 7.05 Å². The summed E-state index contributed by atoms with van der Waals surface area (Å²) in [4.78, 5) is 29.2. The summed E-state index contributed by atoms with van der Waals surface area (Å²) in [5, 5.41) is 12.6. The summed E-state index contributed by atoms with van der Waals surface area (Å²) in [7, 11) is 1.57. The topological polar surface area (TPSA) is 154 Å². The molecule has 1 amide bonds. The van der Waals surface area contributed by atoms with Gasteiger partial charge in [-0.1, -0.05) is 31.2 Å². The molecule has 1 unspecified atom stereocenters. The van der Waals surface area contributed by atoms with Crippen LogP contribution in [0.15, 0.2) is 34.7 Å². The number of furan rings is 1. The van der Waals surface area contributed by atoms with Crippen molar-refractivity contribution in [3.8, 4) is 11.3 Å².